The van der Waals surface area contributed by atoms with Crippen LogP contribution < -0.4 is 0 Å². The molecular formula is C10H16O2. The normalized spacial score (nSPS) is 23.8. The zero-order valence-corrected chi connectivity index (χ0v) is 8.09. The van der Waals surface area contributed by atoms with E-state index < -0.39 is 0 Å². The summed E-state index contributed by atoms with van der Waals surface area (Å²) in [6.07, 6.45) is 0. The number of allylic oxidation sites excluding steroid dienone is 2. The molecule has 0 radical (unpaired) electrons. The average molecular weight is 168 g/mol. The topological polar surface area (TPSA) is 37.3 Å². The molecule has 0 amide bonds. The van der Waals surface area contributed by atoms with Crippen LogP contribution in [0, 0.1) is 17.8 Å². The lowest BCUT2D eigenvalue weighted by atomic mass is 9.72. The quantitative estimate of drug-likeness (QED) is 0.687. The van der Waals surface area contributed by atoms with E-state index in [-0.39, 0.29) is 23.5 Å². The molecule has 1 rings (SSSR count). The van der Waals surface area contributed by atoms with Gasteiger partial charge in [-0.05, 0) is 11.8 Å². The Hall–Kier alpha value is -0.790. The fourth-order valence-corrected chi connectivity index (χ4v) is 1.71. The van der Waals surface area contributed by atoms with Crippen molar-refractivity contribution in [1.29, 1.82) is 0 Å². The monoisotopic (exact) mass is 168 g/mol. The third-order valence-electron chi connectivity index (χ3n) is 2.36. The molecule has 12 heavy (non-hydrogen) atoms. The van der Waals surface area contributed by atoms with Gasteiger partial charge in [0.15, 0.2) is 5.78 Å². The van der Waals surface area contributed by atoms with Crippen molar-refractivity contribution in [2.24, 2.45) is 17.8 Å². The molecule has 68 valence electrons. The third kappa shape index (κ3) is 1.15. The summed E-state index contributed by atoms with van der Waals surface area (Å²) < 4.78 is 0. The fourth-order valence-electron chi connectivity index (χ4n) is 1.71. The van der Waals surface area contributed by atoms with E-state index in [4.69, 9.17) is 0 Å². The van der Waals surface area contributed by atoms with Crippen molar-refractivity contribution in [3.8, 4) is 0 Å². The maximum Gasteiger partial charge on any atom is 0.173 e. The molecule has 1 atom stereocenters. The van der Waals surface area contributed by atoms with Crippen LogP contribution in [0.2, 0.25) is 0 Å². The molecule has 0 heterocycles. The van der Waals surface area contributed by atoms with Gasteiger partial charge in [-0.1, -0.05) is 27.7 Å². The van der Waals surface area contributed by atoms with Gasteiger partial charge in [0.1, 0.15) is 5.76 Å². The van der Waals surface area contributed by atoms with Crippen molar-refractivity contribution in [2.45, 2.75) is 27.7 Å². The molecule has 2 heteroatoms. The number of aliphatic hydroxyl groups is 1. The van der Waals surface area contributed by atoms with Gasteiger partial charge in [0.05, 0.1) is 5.92 Å². The summed E-state index contributed by atoms with van der Waals surface area (Å²) in [7, 11) is 0. The van der Waals surface area contributed by atoms with Crippen molar-refractivity contribution >= 4 is 5.78 Å². The van der Waals surface area contributed by atoms with Crippen molar-refractivity contribution < 1.29 is 9.90 Å². The number of hydrogen-bond donors (Lipinski definition) is 1. The minimum Gasteiger partial charge on any atom is -0.511 e. The lowest BCUT2D eigenvalue weighted by Crippen LogP contribution is -2.37. The molecule has 0 saturated heterocycles. The molecule has 0 bridgehead atoms. The van der Waals surface area contributed by atoms with Gasteiger partial charge in [0.2, 0.25) is 0 Å². The number of ketones is 1. The second-order valence-electron chi connectivity index (χ2n) is 4.04. The summed E-state index contributed by atoms with van der Waals surface area (Å²) in [4.78, 5) is 11.4. The Kier molecular flexibility index (Phi) is 2.27. The van der Waals surface area contributed by atoms with Crippen LogP contribution >= 0.6 is 0 Å². The molecule has 2 nitrogen and oxygen atoms in total. The van der Waals surface area contributed by atoms with Gasteiger partial charge in [-0.3, -0.25) is 4.79 Å². The molecule has 1 aliphatic rings. The number of Topliss-reactive ketones (excluding diaryl/α,β-unsaturated/α-hetero) is 1. The first-order valence-electron chi connectivity index (χ1n) is 4.44. The molecule has 0 fully saturated rings. The molecule has 0 saturated carbocycles. The van der Waals surface area contributed by atoms with Crippen molar-refractivity contribution in [3.63, 3.8) is 0 Å². The Morgan fingerprint density at radius 1 is 1.25 bits per heavy atom. The predicted molar refractivity (Wildman–Crippen MR) is 47.8 cm³/mol. The number of carbonyl (C=O) groups is 1. The predicted octanol–water partition coefficient (Wildman–Crippen LogP) is 2.31. The largest absolute Gasteiger partial charge is 0.511 e. The Bertz CT molecular complexity index is 236. The van der Waals surface area contributed by atoms with Gasteiger partial charge in [-0.25, -0.2) is 0 Å². The zero-order valence-electron chi connectivity index (χ0n) is 8.09. The molecule has 1 N–H and O–H groups in total. The second kappa shape index (κ2) is 2.92. The zero-order chi connectivity index (χ0) is 9.46. The van der Waals surface area contributed by atoms with E-state index in [9.17, 15) is 9.90 Å². The fraction of sp³-hybridized carbons (Fsp3) is 0.700. The van der Waals surface area contributed by atoms with Gasteiger partial charge in [-0.2, -0.15) is 0 Å². The van der Waals surface area contributed by atoms with Gasteiger partial charge in [0.25, 0.3) is 0 Å². The second-order valence-corrected chi connectivity index (χ2v) is 4.04. The lowest BCUT2D eigenvalue weighted by Gasteiger charge is -2.32. The van der Waals surface area contributed by atoms with Crippen molar-refractivity contribution in [3.05, 3.63) is 11.3 Å². The van der Waals surface area contributed by atoms with Crippen LogP contribution in [-0.2, 0) is 4.79 Å². The number of hydrogen-bond acceptors (Lipinski definition) is 2. The van der Waals surface area contributed by atoms with Gasteiger partial charge in [-0.15, -0.1) is 0 Å². The van der Waals surface area contributed by atoms with Crippen LogP contribution in [0.15, 0.2) is 11.3 Å². The maximum atomic E-state index is 11.4. The highest BCUT2D eigenvalue weighted by Gasteiger charge is 2.41. The van der Waals surface area contributed by atoms with Crippen molar-refractivity contribution in [1.82, 2.24) is 0 Å². The smallest absolute Gasteiger partial charge is 0.173 e. The first kappa shape index (κ1) is 9.30. The minimum absolute atomic E-state index is 0.137. The van der Waals surface area contributed by atoms with E-state index in [1.165, 1.54) is 0 Å². The Labute approximate surface area is 73.3 Å². The van der Waals surface area contributed by atoms with Crippen LogP contribution in [0.4, 0.5) is 0 Å². The molecule has 1 aliphatic carbocycles. The summed E-state index contributed by atoms with van der Waals surface area (Å²) in [5, 5.41) is 9.54. The van der Waals surface area contributed by atoms with Crippen LogP contribution in [0.5, 0.6) is 0 Å². The van der Waals surface area contributed by atoms with Crippen LogP contribution in [-0.4, -0.2) is 10.9 Å². The number of rotatable bonds is 2. The van der Waals surface area contributed by atoms with Crippen molar-refractivity contribution in [2.75, 3.05) is 0 Å². The average Bonchev–Trinajstić information content (AvgIpc) is 1.84. The maximum absolute atomic E-state index is 11.4. The molecule has 0 aromatic heterocycles. The van der Waals surface area contributed by atoms with E-state index in [1.807, 2.05) is 27.7 Å². The Balaban J connectivity index is 2.88. The molecule has 0 spiro atoms. The summed E-state index contributed by atoms with van der Waals surface area (Å²) in [6.45, 7) is 7.77. The molecular weight excluding hydrogens is 152 g/mol. The van der Waals surface area contributed by atoms with E-state index in [0.717, 1.165) is 0 Å². The highest BCUT2D eigenvalue weighted by Crippen LogP contribution is 2.38. The first-order chi connectivity index (χ1) is 5.46. The van der Waals surface area contributed by atoms with Crippen LogP contribution in [0.1, 0.15) is 27.7 Å². The van der Waals surface area contributed by atoms with Crippen LogP contribution in [0.3, 0.4) is 0 Å². The van der Waals surface area contributed by atoms with E-state index in [0.29, 0.717) is 11.3 Å². The molecule has 1 unspecified atom stereocenters. The summed E-state index contributed by atoms with van der Waals surface area (Å²) in [5.41, 5.74) is 0.633. The Morgan fingerprint density at radius 2 is 1.75 bits per heavy atom. The number of carbonyl (C=O) groups excluding carboxylic acids is 1. The summed E-state index contributed by atoms with van der Waals surface area (Å²) in [6, 6.07) is 0. The van der Waals surface area contributed by atoms with E-state index >= 15 is 0 Å². The standard InChI is InChI=1S/C10H16O2/c1-5(2)7-9(11)8(6(3)4)10(7)12/h5-7,11H,1-4H3. The van der Waals surface area contributed by atoms with Crippen LogP contribution in [0.25, 0.3) is 0 Å². The van der Waals surface area contributed by atoms with E-state index in [2.05, 4.69) is 0 Å². The summed E-state index contributed by atoms with van der Waals surface area (Å²) >= 11 is 0. The molecule has 0 aromatic rings. The summed E-state index contributed by atoms with van der Waals surface area (Å²) in [5.74, 6) is 0.623. The first-order valence-corrected chi connectivity index (χ1v) is 4.44. The number of aliphatic hydroxyl groups excluding tert-OH is 1. The minimum atomic E-state index is -0.220. The Morgan fingerprint density at radius 3 is 2.00 bits per heavy atom. The van der Waals surface area contributed by atoms with E-state index in [1.54, 1.807) is 0 Å². The van der Waals surface area contributed by atoms with Gasteiger partial charge < -0.3 is 5.11 Å². The highest BCUT2D eigenvalue weighted by molar-refractivity contribution is 6.06. The SMILES string of the molecule is CC(C)C1=C(O)C(C(C)C)C1=O. The van der Waals surface area contributed by atoms with Gasteiger partial charge in [0, 0.05) is 5.57 Å². The highest BCUT2D eigenvalue weighted by atomic mass is 16.3. The lowest BCUT2D eigenvalue weighted by molar-refractivity contribution is -0.124. The molecule has 0 aliphatic heterocycles. The third-order valence-corrected chi connectivity index (χ3v) is 2.36. The van der Waals surface area contributed by atoms with Gasteiger partial charge >= 0.3 is 0 Å². The molecule has 0 aromatic carbocycles.